The van der Waals surface area contributed by atoms with Crippen molar-refractivity contribution in [2.75, 3.05) is 12.4 Å². The molecule has 0 aliphatic heterocycles. The standard InChI is InChI=1S/C18H21ClN2O4S/c1-11-8-9-16(25-4)17(10-11)26(23,24)21-13(3)18(22)20-15-7-5-6-14(19)12(15)2/h5-10,13,21H,1-4H3,(H,20,22)/t13-/m1/s1. The van der Waals surface area contributed by atoms with Crippen LogP contribution in [-0.2, 0) is 14.8 Å². The van der Waals surface area contributed by atoms with E-state index >= 15 is 0 Å². The predicted octanol–water partition coefficient (Wildman–Crippen LogP) is 3.27. The van der Waals surface area contributed by atoms with Crippen molar-refractivity contribution >= 4 is 33.2 Å². The third-order valence-electron chi connectivity index (χ3n) is 3.86. The van der Waals surface area contributed by atoms with Crippen LogP contribution in [0, 0.1) is 13.8 Å². The van der Waals surface area contributed by atoms with Gasteiger partial charge in [0.15, 0.2) is 0 Å². The molecule has 1 atom stereocenters. The van der Waals surface area contributed by atoms with Gasteiger partial charge in [-0.25, -0.2) is 8.42 Å². The lowest BCUT2D eigenvalue weighted by atomic mass is 10.2. The number of halogens is 1. The van der Waals surface area contributed by atoms with Crippen molar-refractivity contribution in [3.8, 4) is 5.75 Å². The van der Waals surface area contributed by atoms with Crippen molar-refractivity contribution in [3.05, 3.63) is 52.5 Å². The largest absolute Gasteiger partial charge is 0.495 e. The fraction of sp³-hybridized carbons (Fsp3) is 0.278. The summed E-state index contributed by atoms with van der Waals surface area (Å²) in [4.78, 5) is 12.4. The minimum Gasteiger partial charge on any atom is -0.495 e. The molecule has 0 saturated carbocycles. The monoisotopic (exact) mass is 396 g/mol. The first-order valence-corrected chi connectivity index (χ1v) is 9.74. The molecule has 0 saturated heterocycles. The van der Waals surface area contributed by atoms with Crippen molar-refractivity contribution in [2.24, 2.45) is 0 Å². The van der Waals surface area contributed by atoms with E-state index in [0.717, 1.165) is 5.56 Å². The average molecular weight is 397 g/mol. The van der Waals surface area contributed by atoms with Crippen LogP contribution in [0.25, 0.3) is 0 Å². The lowest BCUT2D eigenvalue weighted by Gasteiger charge is -2.17. The first kappa shape index (κ1) is 20.2. The van der Waals surface area contributed by atoms with E-state index in [0.29, 0.717) is 16.3 Å². The van der Waals surface area contributed by atoms with Crippen LogP contribution in [0.15, 0.2) is 41.3 Å². The van der Waals surface area contributed by atoms with Gasteiger partial charge in [-0.15, -0.1) is 0 Å². The lowest BCUT2D eigenvalue weighted by Crippen LogP contribution is -2.41. The molecule has 8 heteroatoms. The van der Waals surface area contributed by atoms with E-state index in [1.807, 2.05) is 0 Å². The molecule has 2 aromatic rings. The quantitative estimate of drug-likeness (QED) is 0.784. The van der Waals surface area contributed by atoms with Gasteiger partial charge in [-0.05, 0) is 56.2 Å². The molecule has 2 N–H and O–H groups in total. The smallest absolute Gasteiger partial charge is 0.244 e. The highest BCUT2D eigenvalue weighted by molar-refractivity contribution is 7.89. The van der Waals surface area contributed by atoms with Crippen LogP contribution in [0.4, 0.5) is 5.69 Å². The number of anilines is 1. The summed E-state index contributed by atoms with van der Waals surface area (Å²) in [5.41, 5.74) is 2.00. The number of methoxy groups -OCH3 is 1. The average Bonchev–Trinajstić information content (AvgIpc) is 2.58. The van der Waals surface area contributed by atoms with Crippen molar-refractivity contribution in [1.29, 1.82) is 0 Å². The fourth-order valence-electron chi connectivity index (χ4n) is 2.33. The topological polar surface area (TPSA) is 84.5 Å². The van der Waals surface area contributed by atoms with E-state index in [1.165, 1.54) is 20.1 Å². The molecule has 0 fully saturated rings. The third kappa shape index (κ3) is 4.55. The number of amides is 1. The van der Waals surface area contributed by atoms with Gasteiger partial charge in [0.05, 0.1) is 13.2 Å². The molecule has 0 bridgehead atoms. The van der Waals surface area contributed by atoms with Crippen molar-refractivity contribution in [3.63, 3.8) is 0 Å². The number of ether oxygens (including phenoxy) is 1. The summed E-state index contributed by atoms with van der Waals surface area (Å²) in [7, 11) is -2.55. The van der Waals surface area contributed by atoms with Crippen LogP contribution in [0.2, 0.25) is 5.02 Å². The van der Waals surface area contributed by atoms with Gasteiger partial charge in [0, 0.05) is 10.7 Å². The lowest BCUT2D eigenvalue weighted by molar-refractivity contribution is -0.117. The Hall–Kier alpha value is -2.09. The molecule has 0 heterocycles. The Morgan fingerprint density at radius 3 is 2.54 bits per heavy atom. The number of sulfonamides is 1. The minimum absolute atomic E-state index is 0.0152. The van der Waals surface area contributed by atoms with E-state index in [9.17, 15) is 13.2 Å². The van der Waals surface area contributed by atoms with E-state index < -0.39 is 22.0 Å². The van der Waals surface area contributed by atoms with Crippen LogP contribution in [-0.4, -0.2) is 27.5 Å². The molecule has 0 unspecified atom stereocenters. The summed E-state index contributed by atoms with van der Waals surface area (Å²) in [5.74, 6) is -0.285. The van der Waals surface area contributed by atoms with Gasteiger partial charge in [0.25, 0.3) is 0 Å². The Morgan fingerprint density at radius 2 is 1.88 bits per heavy atom. The molecule has 2 rings (SSSR count). The second-order valence-electron chi connectivity index (χ2n) is 5.90. The summed E-state index contributed by atoms with van der Waals surface area (Å²) in [6.45, 7) is 5.01. The number of carbonyl (C=O) groups is 1. The van der Waals surface area contributed by atoms with E-state index in [1.54, 1.807) is 44.2 Å². The molecule has 1 amide bonds. The Labute approximate surface area is 158 Å². The van der Waals surface area contributed by atoms with Crippen molar-refractivity contribution in [1.82, 2.24) is 4.72 Å². The van der Waals surface area contributed by atoms with E-state index in [4.69, 9.17) is 16.3 Å². The maximum absolute atomic E-state index is 12.7. The third-order valence-corrected chi connectivity index (χ3v) is 5.83. The molecule has 0 aliphatic carbocycles. The Bertz CT molecular complexity index is 929. The highest BCUT2D eigenvalue weighted by Gasteiger charge is 2.25. The predicted molar refractivity (Wildman–Crippen MR) is 102 cm³/mol. The van der Waals surface area contributed by atoms with Crippen LogP contribution in [0.5, 0.6) is 5.75 Å². The highest BCUT2D eigenvalue weighted by Crippen LogP contribution is 2.25. The fourth-order valence-corrected chi connectivity index (χ4v) is 3.96. The van der Waals surface area contributed by atoms with Crippen LogP contribution in [0.3, 0.4) is 0 Å². The maximum atomic E-state index is 12.7. The van der Waals surface area contributed by atoms with Crippen LogP contribution in [0.1, 0.15) is 18.1 Å². The SMILES string of the molecule is COc1ccc(C)cc1S(=O)(=O)N[C@H](C)C(=O)Nc1cccc(Cl)c1C. The molecule has 140 valence electrons. The molecule has 0 aromatic heterocycles. The zero-order valence-electron chi connectivity index (χ0n) is 15.0. The number of hydrogen-bond donors (Lipinski definition) is 2. The van der Waals surface area contributed by atoms with Gasteiger partial charge in [-0.1, -0.05) is 23.7 Å². The van der Waals surface area contributed by atoms with Gasteiger partial charge in [-0.2, -0.15) is 4.72 Å². The van der Waals surface area contributed by atoms with Crippen LogP contribution < -0.4 is 14.8 Å². The zero-order valence-corrected chi connectivity index (χ0v) is 16.5. The highest BCUT2D eigenvalue weighted by atomic mass is 35.5. The van der Waals surface area contributed by atoms with Gasteiger partial charge in [0.2, 0.25) is 15.9 Å². The normalized spacial score (nSPS) is 12.5. The summed E-state index contributed by atoms with van der Waals surface area (Å²) in [5, 5.41) is 3.20. The first-order valence-electron chi connectivity index (χ1n) is 7.88. The molecular formula is C18H21ClN2O4S. The zero-order chi connectivity index (χ0) is 19.5. The Kier molecular flexibility index (Phi) is 6.28. The number of hydrogen-bond acceptors (Lipinski definition) is 4. The van der Waals surface area contributed by atoms with Gasteiger partial charge in [0.1, 0.15) is 10.6 Å². The summed E-state index contributed by atoms with van der Waals surface area (Å²) in [6, 6.07) is 8.93. The van der Waals surface area contributed by atoms with Gasteiger partial charge < -0.3 is 10.1 Å². The molecule has 26 heavy (non-hydrogen) atoms. The molecule has 6 nitrogen and oxygen atoms in total. The maximum Gasteiger partial charge on any atom is 0.244 e. The number of carbonyl (C=O) groups excluding carboxylic acids is 1. The second-order valence-corrected chi connectivity index (χ2v) is 7.99. The molecule has 0 aliphatic rings. The summed E-state index contributed by atoms with van der Waals surface area (Å²) >= 11 is 6.03. The minimum atomic E-state index is -3.94. The molecule has 0 radical (unpaired) electrons. The first-order chi connectivity index (χ1) is 12.2. The van der Waals surface area contributed by atoms with E-state index in [-0.39, 0.29) is 10.6 Å². The molecule has 2 aromatic carbocycles. The Morgan fingerprint density at radius 1 is 1.19 bits per heavy atom. The van der Waals surface area contributed by atoms with Gasteiger partial charge in [-0.3, -0.25) is 4.79 Å². The van der Waals surface area contributed by atoms with Crippen molar-refractivity contribution < 1.29 is 17.9 Å². The van der Waals surface area contributed by atoms with Crippen molar-refractivity contribution in [2.45, 2.75) is 31.7 Å². The van der Waals surface area contributed by atoms with E-state index in [2.05, 4.69) is 10.0 Å². The number of rotatable bonds is 6. The summed E-state index contributed by atoms with van der Waals surface area (Å²) in [6.07, 6.45) is 0. The number of nitrogens with one attached hydrogen (secondary N) is 2. The van der Waals surface area contributed by atoms with Gasteiger partial charge >= 0.3 is 0 Å². The number of benzene rings is 2. The summed E-state index contributed by atoms with van der Waals surface area (Å²) < 4.78 is 32.8. The molecular weight excluding hydrogens is 376 g/mol. The molecule has 0 spiro atoms. The number of aryl methyl sites for hydroxylation is 1. The Balaban J connectivity index is 2.20. The second kappa shape index (κ2) is 8.07. The van der Waals surface area contributed by atoms with Crippen LogP contribution >= 0.6 is 11.6 Å².